The van der Waals surface area contributed by atoms with E-state index in [1.54, 1.807) is 0 Å². The maximum Gasteiger partial charge on any atom is 0.228 e. The Morgan fingerprint density at radius 3 is 3.17 bits per heavy atom. The zero-order valence-electron chi connectivity index (χ0n) is 10.1. The number of rotatable bonds is 0. The molecule has 4 heteroatoms. The highest BCUT2D eigenvalue weighted by atomic mass is 16.5. The molecule has 0 aliphatic carbocycles. The first kappa shape index (κ1) is 10.00. The van der Waals surface area contributed by atoms with E-state index in [9.17, 15) is 0 Å². The van der Waals surface area contributed by atoms with Crippen LogP contribution in [-0.2, 0) is 6.42 Å². The summed E-state index contributed by atoms with van der Waals surface area (Å²) in [6.07, 6.45) is 0.969. The Morgan fingerprint density at radius 2 is 2.22 bits per heavy atom. The van der Waals surface area contributed by atoms with Crippen LogP contribution in [0, 0.1) is 12.8 Å². The molecule has 92 valence electrons. The number of hydrogen-bond acceptors (Lipinski definition) is 4. The van der Waals surface area contributed by atoms with Crippen molar-refractivity contribution >= 4 is 5.88 Å². The third-order valence-corrected chi connectivity index (χ3v) is 3.92. The van der Waals surface area contributed by atoms with E-state index in [-0.39, 0.29) is 6.04 Å². The first-order valence-electron chi connectivity index (χ1n) is 6.26. The van der Waals surface area contributed by atoms with Crippen LogP contribution in [0.15, 0.2) is 28.8 Å². The molecule has 2 aliphatic rings. The van der Waals surface area contributed by atoms with Gasteiger partial charge in [0.2, 0.25) is 5.88 Å². The Morgan fingerprint density at radius 1 is 1.33 bits per heavy atom. The van der Waals surface area contributed by atoms with E-state index in [1.165, 1.54) is 11.1 Å². The Kier molecular flexibility index (Phi) is 1.95. The average Bonchev–Trinajstić information content (AvgIpc) is 2.78. The van der Waals surface area contributed by atoms with Gasteiger partial charge in [-0.05, 0) is 19.4 Å². The third kappa shape index (κ3) is 1.29. The molecule has 1 N–H and O–H groups in total. The molecule has 0 bridgehead atoms. The van der Waals surface area contributed by atoms with Crippen molar-refractivity contribution in [3.05, 3.63) is 41.1 Å². The van der Waals surface area contributed by atoms with Crippen molar-refractivity contribution in [2.45, 2.75) is 19.4 Å². The lowest BCUT2D eigenvalue weighted by atomic mass is 9.83. The summed E-state index contributed by atoms with van der Waals surface area (Å²) in [6.45, 7) is 2.74. The minimum absolute atomic E-state index is 0.273. The quantitative estimate of drug-likeness (QED) is 0.771. The van der Waals surface area contributed by atoms with Gasteiger partial charge < -0.3 is 14.6 Å². The van der Waals surface area contributed by atoms with Gasteiger partial charge in [0, 0.05) is 17.0 Å². The number of nitrogens with zero attached hydrogens (tertiary/aromatic N) is 1. The molecular weight excluding hydrogens is 228 g/mol. The lowest BCUT2D eigenvalue weighted by Crippen LogP contribution is -2.35. The van der Waals surface area contributed by atoms with E-state index in [0.29, 0.717) is 5.92 Å². The van der Waals surface area contributed by atoms with E-state index in [2.05, 4.69) is 16.5 Å². The van der Waals surface area contributed by atoms with Crippen LogP contribution in [0.5, 0.6) is 5.75 Å². The SMILES string of the molecule is Cc1noc2c1CC1COc3ccccc3C1N2. The van der Waals surface area contributed by atoms with E-state index < -0.39 is 0 Å². The van der Waals surface area contributed by atoms with Gasteiger partial charge in [-0.25, -0.2) is 0 Å². The van der Waals surface area contributed by atoms with E-state index in [1.807, 2.05) is 25.1 Å². The molecule has 0 amide bonds. The van der Waals surface area contributed by atoms with Crippen LogP contribution in [0.1, 0.15) is 22.9 Å². The molecule has 4 rings (SSSR count). The molecule has 2 unspecified atom stereocenters. The first-order chi connectivity index (χ1) is 8.83. The topological polar surface area (TPSA) is 47.3 Å². The molecule has 3 heterocycles. The summed E-state index contributed by atoms with van der Waals surface area (Å²) in [4.78, 5) is 0. The van der Waals surface area contributed by atoms with Gasteiger partial charge in [0.15, 0.2) is 0 Å². The van der Waals surface area contributed by atoms with Crippen molar-refractivity contribution in [2.24, 2.45) is 5.92 Å². The summed E-state index contributed by atoms with van der Waals surface area (Å²) in [7, 11) is 0. The maximum absolute atomic E-state index is 5.83. The minimum Gasteiger partial charge on any atom is -0.493 e. The summed E-state index contributed by atoms with van der Waals surface area (Å²) in [5.74, 6) is 2.25. The number of para-hydroxylation sites is 1. The highest BCUT2D eigenvalue weighted by molar-refractivity contribution is 5.52. The molecule has 0 fully saturated rings. The van der Waals surface area contributed by atoms with Crippen LogP contribution in [0.4, 0.5) is 5.88 Å². The second-order valence-corrected chi connectivity index (χ2v) is 5.01. The maximum atomic E-state index is 5.83. The largest absolute Gasteiger partial charge is 0.493 e. The lowest BCUT2D eigenvalue weighted by molar-refractivity contribution is 0.195. The zero-order valence-corrected chi connectivity index (χ0v) is 10.1. The fraction of sp³-hybridized carbons (Fsp3) is 0.357. The monoisotopic (exact) mass is 242 g/mol. The summed E-state index contributed by atoms with van der Waals surface area (Å²) in [5, 5.41) is 7.50. The highest BCUT2D eigenvalue weighted by Crippen LogP contribution is 2.43. The molecule has 1 aromatic carbocycles. The van der Waals surface area contributed by atoms with Crippen molar-refractivity contribution in [2.75, 3.05) is 11.9 Å². The summed E-state index contributed by atoms with van der Waals surface area (Å²) >= 11 is 0. The molecule has 0 radical (unpaired) electrons. The summed E-state index contributed by atoms with van der Waals surface area (Å²) in [6, 6.07) is 8.47. The van der Waals surface area contributed by atoms with E-state index >= 15 is 0 Å². The molecule has 0 saturated heterocycles. The van der Waals surface area contributed by atoms with Gasteiger partial charge in [-0.15, -0.1) is 0 Å². The summed E-state index contributed by atoms with van der Waals surface area (Å²) in [5.41, 5.74) is 3.39. The Bertz CT molecular complexity index is 606. The third-order valence-electron chi connectivity index (χ3n) is 3.92. The van der Waals surface area contributed by atoms with Gasteiger partial charge in [0.25, 0.3) is 0 Å². The zero-order chi connectivity index (χ0) is 12.1. The molecule has 2 aliphatic heterocycles. The molecule has 2 atom stereocenters. The van der Waals surface area contributed by atoms with Gasteiger partial charge in [0.05, 0.1) is 18.3 Å². The predicted octanol–water partition coefficient (Wildman–Crippen LogP) is 2.70. The number of benzene rings is 1. The second-order valence-electron chi connectivity index (χ2n) is 5.01. The minimum atomic E-state index is 0.273. The normalized spacial score (nSPS) is 24.3. The summed E-state index contributed by atoms with van der Waals surface area (Å²) < 4.78 is 11.2. The molecule has 2 aromatic rings. The van der Waals surface area contributed by atoms with Gasteiger partial charge >= 0.3 is 0 Å². The number of hydrogen-bond donors (Lipinski definition) is 1. The van der Waals surface area contributed by atoms with Gasteiger partial charge in [-0.2, -0.15) is 0 Å². The molecule has 4 nitrogen and oxygen atoms in total. The molecule has 18 heavy (non-hydrogen) atoms. The Hall–Kier alpha value is -1.97. The number of aromatic nitrogens is 1. The Labute approximate surface area is 105 Å². The van der Waals surface area contributed by atoms with Crippen molar-refractivity contribution in [3.63, 3.8) is 0 Å². The van der Waals surface area contributed by atoms with Crippen LogP contribution >= 0.6 is 0 Å². The predicted molar refractivity (Wildman–Crippen MR) is 66.7 cm³/mol. The van der Waals surface area contributed by atoms with Gasteiger partial charge in [-0.3, -0.25) is 0 Å². The second kappa shape index (κ2) is 3.51. The lowest BCUT2D eigenvalue weighted by Gasteiger charge is -2.36. The Balaban J connectivity index is 1.79. The molecular formula is C14H14N2O2. The number of aryl methyl sites for hydroxylation is 1. The smallest absolute Gasteiger partial charge is 0.228 e. The van der Waals surface area contributed by atoms with Gasteiger partial charge in [-0.1, -0.05) is 23.4 Å². The van der Waals surface area contributed by atoms with Crippen molar-refractivity contribution in [1.29, 1.82) is 0 Å². The first-order valence-corrected chi connectivity index (χ1v) is 6.26. The van der Waals surface area contributed by atoms with Crippen LogP contribution in [0.25, 0.3) is 0 Å². The van der Waals surface area contributed by atoms with Crippen LogP contribution < -0.4 is 10.1 Å². The molecule has 0 saturated carbocycles. The van der Waals surface area contributed by atoms with Crippen LogP contribution in [-0.4, -0.2) is 11.8 Å². The molecule has 1 aromatic heterocycles. The van der Waals surface area contributed by atoms with Crippen molar-refractivity contribution in [3.8, 4) is 5.75 Å². The number of nitrogens with one attached hydrogen (secondary N) is 1. The number of fused-ring (bicyclic) bond motifs is 4. The van der Waals surface area contributed by atoms with E-state index in [0.717, 1.165) is 30.4 Å². The van der Waals surface area contributed by atoms with E-state index in [4.69, 9.17) is 9.26 Å². The van der Waals surface area contributed by atoms with Gasteiger partial charge in [0.1, 0.15) is 5.75 Å². The van der Waals surface area contributed by atoms with Crippen molar-refractivity contribution in [1.82, 2.24) is 5.16 Å². The standard InChI is InChI=1S/C14H14N2O2/c1-8-11-6-9-7-17-12-5-3-2-4-10(12)13(9)15-14(11)18-16-8/h2-5,9,13,15H,6-7H2,1H3. The number of ether oxygens (including phenoxy) is 1. The fourth-order valence-corrected chi connectivity index (χ4v) is 2.93. The highest BCUT2D eigenvalue weighted by Gasteiger charge is 2.37. The number of anilines is 1. The molecule has 0 spiro atoms. The van der Waals surface area contributed by atoms with Crippen LogP contribution in [0.3, 0.4) is 0 Å². The van der Waals surface area contributed by atoms with Crippen molar-refractivity contribution < 1.29 is 9.26 Å². The average molecular weight is 242 g/mol. The van der Waals surface area contributed by atoms with Crippen LogP contribution in [0.2, 0.25) is 0 Å². The fourth-order valence-electron chi connectivity index (χ4n) is 2.93.